The van der Waals surface area contributed by atoms with Crippen molar-refractivity contribution in [2.24, 2.45) is 4.99 Å². The van der Waals surface area contributed by atoms with Gasteiger partial charge in [0.25, 0.3) is 5.91 Å². The molecule has 1 atom stereocenters. The second kappa shape index (κ2) is 10.0. The smallest absolute Gasteiger partial charge is 0.260 e. The van der Waals surface area contributed by atoms with Gasteiger partial charge in [-0.1, -0.05) is 29.4 Å². The van der Waals surface area contributed by atoms with Crippen LogP contribution in [0.1, 0.15) is 25.8 Å². The highest BCUT2D eigenvalue weighted by Gasteiger charge is 2.31. The Balaban J connectivity index is 1.84. The summed E-state index contributed by atoms with van der Waals surface area (Å²) < 4.78 is 0. The van der Waals surface area contributed by atoms with Crippen LogP contribution in [0.5, 0.6) is 0 Å². The summed E-state index contributed by atoms with van der Waals surface area (Å²) in [5.74, 6) is -0.671. The van der Waals surface area contributed by atoms with E-state index in [1.807, 2.05) is 20.8 Å². The van der Waals surface area contributed by atoms with Gasteiger partial charge in [-0.25, -0.2) is 4.99 Å². The molecule has 1 aromatic rings. The van der Waals surface area contributed by atoms with Crippen LogP contribution in [-0.2, 0) is 14.4 Å². The summed E-state index contributed by atoms with van der Waals surface area (Å²) in [6, 6.07) is 5.35. The zero-order valence-corrected chi connectivity index (χ0v) is 18.0. The largest absolute Gasteiger partial charge is 0.353 e. The van der Waals surface area contributed by atoms with Crippen molar-refractivity contribution in [2.45, 2.75) is 38.5 Å². The van der Waals surface area contributed by atoms with Gasteiger partial charge in [0.2, 0.25) is 11.8 Å². The Kier molecular flexibility index (Phi) is 8.03. The third kappa shape index (κ3) is 6.61. The topological polar surface area (TPSA) is 90.9 Å². The molecule has 0 bridgehead atoms. The number of rotatable bonds is 8. The van der Waals surface area contributed by atoms with Crippen molar-refractivity contribution in [2.75, 3.05) is 25.5 Å². The number of benzene rings is 1. The number of carbonyl (C=O) groups excluding carboxylic acids is 3. The van der Waals surface area contributed by atoms with Crippen LogP contribution in [0.15, 0.2) is 23.2 Å². The van der Waals surface area contributed by atoms with E-state index in [2.05, 4.69) is 15.6 Å². The van der Waals surface area contributed by atoms with Gasteiger partial charge in [-0.2, -0.15) is 0 Å². The molecule has 1 aliphatic heterocycles. The van der Waals surface area contributed by atoms with E-state index in [-0.39, 0.29) is 36.7 Å². The number of hydrogen-bond acceptors (Lipinski definition) is 5. The average Bonchev–Trinajstić information content (AvgIpc) is 2.89. The molecule has 28 heavy (non-hydrogen) atoms. The fourth-order valence-electron chi connectivity index (χ4n) is 2.65. The van der Waals surface area contributed by atoms with Crippen LogP contribution in [0, 0.1) is 6.92 Å². The predicted molar refractivity (Wildman–Crippen MR) is 114 cm³/mol. The van der Waals surface area contributed by atoms with E-state index >= 15 is 0 Å². The lowest BCUT2D eigenvalue weighted by atomic mass is 10.2. The van der Waals surface area contributed by atoms with Crippen molar-refractivity contribution < 1.29 is 14.4 Å². The molecule has 0 aliphatic carbocycles. The zero-order valence-electron chi connectivity index (χ0n) is 16.4. The third-order valence-corrected chi connectivity index (χ3v) is 5.52. The number of nitrogens with zero attached hydrogens (tertiary/aromatic N) is 2. The number of hydrogen-bond donors (Lipinski definition) is 2. The molecule has 7 nitrogen and oxygen atoms in total. The Morgan fingerprint density at radius 2 is 2.04 bits per heavy atom. The molecule has 1 aromatic carbocycles. The molecule has 0 saturated heterocycles. The number of carbonyl (C=O) groups is 3. The van der Waals surface area contributed by atoms with Gasteiger partial charge >= 0.3 is 0 Å². The first kappa shape index (κ1) is 22.4. The van der Waals surface area contributed by atoms with E-state index in [0.717, 1.165) is 5.56 Å². The van der Waals surface area contributed by atoms with Crippen LogP contribution in [0.2, 0.25) is 5.02 Å². The number of anilines is 1. The van der Waals surface area contributed by atoms with Gasteiger partial charge in [0.1, 0.15) is 5.25 Å². The molecular weight excluding hydrogens is 400 g/mol. The van der Waals surface area contributed by atoms with Crippen LogP contribution in [-0.4, -0.2) is 59.1 Å². The molecule has 1 heterocycles. The first-order valence-corrected chi connectivity index (χ1v) is 10.2. The summed E-state index contributed by atoms with van der Waals surface area (Å²) in [6.45, 7) is 6.21. The number of nitrogens with one attached hydrogen (secondary N) is 2. The summed E-state index contributed by atoms with van der Waals surface area (Å²) in [6.07, 6.45) is 0.0278. The second-order valence-electron chi connectivity index (χ2n) is 7.01. The molecule has 152 valence electrons. The fourth-order valence-corrected chi connectivity index (χ4v) is 3.98. The first-order chi connectivity index (χ1) is 13.2. The molecule has 0 fully saturated rings. The van der Waals surface area contributed by atoms with E-state index in [1.165, 1.54) is 11.8 Å². The summed E-state index contributed by atoms with van der Waals surface area (Å²) in [5, 5.41) is 6.25. The molecule has 0 spiro atoms. The Morgan fingerprint density at radius 3 is 2.71 bits per heavy atom. The number of thioether (sulfide) groups is 1. The maximum absolute atomic E-state index is 12.3. The SMILES string of the molecule is Cc1c(Cl)cccc1NC(=O)C[C@H]1SC(CN(C)CC(=O)NC(C)C)=NC1=O. The Bertz CT molecular complexity index is 797. The highest BCUT2D eigenvalue weighted by molar-refractivity contribution is 8.15. The Labute approximate surface area is 174 Å². The van der Waals surface area contributed by atoms with Crippen LogP contribution < -0.4 is 10.6 Å². The van der Waals surface area contributed by atoms with Gasteiger partial charge in [0.05, 0.1) is 11.6 Å². The summed E-state index contributed by atoms with van der Waals surface area (Å²) in [4.78, 5) is 42.1. The monoisotopic (exact) mass is 424 g/mol. The minimum atomic E-state index is -0.549. The lowest BCUT2D eigenvalue weighted by molar-refractivity contribution is -0.122. The standard InChI is InChI=1S/C19H25ClN4O3S/c1-11(2)21-17(26)9-24(4)10-18-23-19(27)15(28-18)8-16(25)22-14-7-5-6-13(20)12(14)3/h5-7,11,15H,8-10H2,1-4H3,(H,21,26)(H,22,25)/t15-/m1/s1. The number of likely N-dealkylation sites (N-methyl/N-ethyl adjacent to an activating group) is 1. The quantitative estimate of drug-likeness (QED) is 0.669. The van der Waals surface area contributed by atoms with Gasteiger partial charge in [0.15, 0.2) is 0 Å². The molecule has 0 unspecified atom stereocenters. The number of aliphatic imine (C=N–C) groups is 1. The third-order valence-electron chi connectivity index (χ3n) is 3.97. The Hall–Kier alpha value is -1.90. The molecule has 9 heteroatoms. The molecule has 0 saturated carbocycles. The summed E-state index contributed by atoms with van der Waals surface area (Å²) in [7, 11) is 1.79. The Morgan fingerprint density at radius 1 is 1.32 bits per heavy atom. The molecule has 2 rings (SSSR count). The second-order valence-corrected chi connectivity index (χ2v) is 8.69. The molecule has 3 amide bonds. The highest BCUT2D eigenvalue weighted by Crippen LogP contribution is 2.27. The zero-order chi connectivity index (χ0) is 20.8. The van der Waals surface area contributed by atoms with Gasteiger partial charge in [-0.15, -0.1) is 0 Å². The highest BCUT2D eigenvalue weighted by atomic mass is 35.5. The lowest BCUT2D eigenvalue weighted by Crippen LogP contribution is -2.39. The van der Waals surface area contributed by atoms with E-state index in [4.69, 9.17) is 11.6 Å². The maximum Gasteiger partial charge on any atom is 0.260 e. The van der Waals surface area contributed by atoms with Crippen molar-refractivity contribution in [3.8, 4) is 0 Å². The van der Waals surface area contributed by atoms with Crippen molar-refractivity contribution in [1.82, 2.24) is 10.2 Å². The number of halogens is 1. The molecule has 0 radical (unpaired) electrons. The van der Waals surface area contributed by atoms with Gasteiger partial charge in [-0.05, 0) is 45.5 Å². The van der Waals surface area contributed by atoms with E-state index in [1.54, 1.807) is 30.1 Å². The molecule has 2 N–H and O–H groups in total. The molecule has 1 aliphatic rings. The van der Waals surface area contributed by atoms with Gasteiger partial charge in [-0.3, -0.25) is 19.3 Å². The fraction of sp³-hybridized carbons (Fsp3) is 0.474. The first-order valence-electron chi connectivity index (χ1n) is 8.96. The van der Waals surface area contributed by atoms with Crippen LogP contribution in [0.25, 0.3) is 0 Å². The van der Waals surface area contributed by atoms with Crippen LogP contribution in [0.3, 0.4) is 0 Å². The van der Waals surface area contributed by atoms with E-state index in [0.29, 0.717) is 22.3 Å². The van der Waals surface area contributed by atoms with Crippen molar-refractivity contribution in [3.05, 3.63) is 28.8 Å². The molecular formula is C19H25ClN4O3S. The minimum Gasteiger partial charge on any atom is -0.353 e. The normalized spacial score (nSPS) is 16.5. The van der Waals surface area contributed by atoms with Crippen molar-refractivity contribution in [3.63, 3.8) is 0 Å². The van der Waals surface area contributed by atoms with Gasteiger partial charge < -0.3 is 10.6 Å². The van der Waals surface area contributed by atoms with Crippen molar-refractivity contribution >= 4 is 51.8 Å². The maximum atomic E-state index is 12.3. The predicted octanol–water partition coefficient (Wildman–Crippen LogP) is 2.47. The van der Waals surface area contributed by atoms with E-state index in [9.17, 15) is 14.4 Å². The lowest BCUT2D eigenvalue weighted by Gasteiger charge is -2.17. The number of amides is 3. The minimum absolute atomic E-state index is 0.0278. The molecule has 0 aromatic heterocycles. The van der Waals surface area contributed by atoms with Crippen molar-refractivity contribution in [1.29, 1.82) is 0 Å². The van der Waals surface area contributed by atoms with Crippen LogP contribution in [0.4, 0.5) is 5.69 Å². The summed E-state index contributed by atoms with van der Waals surface area (Å²) >= 11 is 7.34. The summed E-state index contributed by atoms with van der Waals surface area (Å²) in [5.41, 5.74) is 1.41. The van der Waals surface area contributed by atoms with E-state index < -0.39 is 5.25 Å². The van der Waals surface area contributed by atoms with Crippen LogP contribution >= 0.6 is 23.4 Å². The average molecular weight is 425 g/mol. The van der Waals surface area contributed by atoms with Gasteiger partial charge in [0, 0.05) is 29.7 Å².